The minimum absolute atomic E-state index is 0.0254. The second-order valence-corrected chi connectivity index (χ2v) is 12.4. The highest BCUT2D eigenvalue weighted by atomic mass is 16.8. The van der Waals surface area contributed by atoms with Crippen molar-refractivity contribution in [3.05, 3.63) is 64.3 Å². The van der Waals surface area contributed by atoms with E-state index in [1.165, 1.54) is 0 Å². The molecule has 12 nitrogen and oxygen atoms in total. The number of epoxide rings is 1. The van der Waals surface area contributed by atoms with Crippen molar-refractivity contribution in [1.82, 2.24) is 5.32 Å². The maximum absolute atomic E-state index is 14.1. The van der Waals surface area contributed by atoms with E-state index in [1.54, 1.807) is 39.3 Å². The first kappa shape index (κ1) is 32.2. The summed E-state index contributed by atoms with van der Waals surface area (Å²) in [5, 5.41) is 25.8. The Bertz CT molecular complexity index is 1880. The van der Waals surface area contributed by atoms with Gasteiger partial charge in [0, 0.05) is 16.5 Å². The summed E-state index contributed by atoms with van der Waals surface area (Å²) in [5.74, 6) is 12.3. The molecule has 3 heterocycles. The van der Waals surface area contributed by atoms with Crippen LogP contribution in [0, 0.1) is 37.5 Å². The van der Waals surface area contributed by atoms with Gasteiger partial charge < -0.3 is 48.7 Å². The van der Waals surface area contributed by atoms with E-state index in [-0.39, 0.29) is 6.61 Å². The number of ether oxygens (including phenoxy) is 7. The van der Waals surface area contributed by atoms with Crippen LogP contribution in [-0.4, -0.2) is 104 Å². The monoisotopic (exact) mass is 657 g/mol. The fraction of sp³-hybridized carbons (Fsp3) is 0.444. The summed E-state index contributed by atoms with van der Waals surface area (Å²) in [7, 11) is 3.19. The van der Waals surface area contributed by atoms with Crippen LogP contribution in [0.1, 0.15) is 28.4 Å². The average molecular weight is 658 g/mol. The maximum atomic E-state index is 14.1. The molecule has 7 rings (SSSR count). The third-order valence-electron chi connectivity index (χ3n) is 9.46. The Morgan fingerprint density at radius 1 is 1.12 bits per heavy atom. The number of likely N-dealkylation sites (N-methyl/N-ethyl adjacent to an activating group) is 1. The Morgan fingerprint density at radius 2 is 1.94 bits per heavy atom. The van der Waals surface area contributed by atoms with Crippen molar-refractivity contribution in [2.45, 2.75) is 81.4 Å². The molecular formula is C36H35NO11. The quantitative estimate of drug-likeness (QED) is 0.227. The molecule has 0 spiro atoms. The van der Waals surface area contributed by atoms with E-state index < -0.39 is 72.8 Å². The topological polar surface area (TPSA) is 155 Å². The summed E-state index contributed by atoms with van der Waals surface area (Å²) in [5.41, 5.74) is 1.82. The Kier molecular flexibility index (Phi) is 8.20. The Balaban J connectivity index is 1.27. The van der Waals surface area contributed by atoms with E-state index in [4.69, 9.17) is 33.2 Å². The van der Waals surface area contributed by atoms with Gasteiger partial charge in [0.05, 0.1) is 24.8 Å². The molecule has 0 radical (unpaired) electrons. The van der Waals surface area contributed by atoms with Crippen molar-refractivity contribution in [1.29, 1.82) is 0 Å². The van der Waals surface area contributed by atoms with Crippen LogP contribution in [0.25, 0.3) is 10.8 Å². The summed E-state index contributed by atoms with van der Waals surface area (Å²) in [6.45, 7) is 5.38. The number of carbonyl (C=O) groups excluding carboxylic acids is 2. The van der Waals surface area contributed by atoms with Crippen LogP contribution < -0.4 is 10.1 Å². The summed E-state index contributed by atoms with van der Waals surface area (Å²) in [6, 6.07) is 6.71. The number of esters is 1. The number of allylic oxidation sites excluding steroid dienone is 1. The van der Waals surface area contributed by atoms with Gasteiger partial charge in [-0.3, -0.25) is 0 Å². The Hall–Kier alpha value is -4.40. The molecule has 2 aromatic carbocycles. The first-order chi connectivity index (χ1) is 23.0. The van der Waals surface area contributed by atoms with Crippen LogP contribution in [0.2, 0.25) is 0 Å². The number of aliphatic hydroxyl groups is 2. The molecule has 2 aromatic rings. The molecule has 3 fully saturated rings. The first-order valence-electron chi connectivity index (χ1n) is 15.7. The van der Waals surface area contributed by atoms with Gasteiger partial charge in [-0.1, -0.05) is 35.8 Å². The summed E-state index contributed by atoms with van der Waals surface area (Å²) >= 11 is 0. The number of aryl methyl sites for hydroxylation is 2. The molecule has 48 heavy (non-hydrogen) atoms. The zero-order valence-corrected chi connectivity index (χ0v) is 26.9. The van der Waals surface area contributed by atoms with E-state index in [0.29, 0.717) is 33.4 Å². The Morgan fingerprint density at radius 3 is 2.67 bits per heavy atom. The molecule has 3 N–H and O–H groups in total. The smallest absolute Gasteiger partial charge is 0.497 e. The number of benzene rings is 2. The van der Waals surface area contributed by atoms with E-state index in [9.17, 15) is 19.8 Å². The molecule has 0 bridgehead atoms. The van der Waals surface area contributed by atoms with Gasteiger partial charge in [0.2, 0.25) is 5.60 Å². The number of carbonyl (C=O) groups is 2. The number of cyclic esters (lactones) is 2. The van der Waals surface area contributed by atoms with Crippen LogP contribution >= 0.6 is 0 Å². The minimum Gasteiger partial charge on any atom is -0.497 e. The van der Waals surface area contributed by atoms with Crippen molar-refractivity contribution in [3.8, 4) is 29.4 Å². The van der Waals surface area contributed by atoms with Crippen molar-refractivity contribution in [2.75, 3.05) is 20.8 Å². The molecule has 10 atom stereocenters. The lowest BCUT2D eigenvalue weighted by Gasteiger charge is -2.42. The number of fused-ring (bicyclic) bond motifs is 3. The molecule has 1 unspecified atom stereocenters. The highest BCUT2D eigenvalue weighted by Gasteiger charge is 2.65. The third kappa shape index (κ3) is 5.41. The predicted molar refractivity (Wildman–Crippen MR) is 169 cm³/mol. The van der Waals surface area contributed by atoms with Gasteiger partial charge in [0.15, 0.2) is 24.6 Å². The van der Waals surface area contributed by atoms with Crippen LogP contribution in [0.3, 0.4) is 0 Å². The van der Waals surface area contributed by atoms with E-state index in [2.05, 4.69) is 29.0 Å². The van der Waals surface area contributed by atoms with E-state index >= 15 is 0 Å². The molecule has 2 aliphatic carbocycles. The average Bonchev–Trinajstić information content (AvgIpc) is 3.39. The number of nitrogens with one attached hydrogen (secondary N) is 1. The number of rotatable bonds is 7. The lowest BCUT2D eigenvalue weighted by molar-refractivity contribution is -0.273. The first-order valence-corrected chi connectivity index (χ1v) is 15.7. The zero-order valence-electron chi connectivity index (χ0n) is 26.9. The van der Waals surface area contributed by atoms with Gasteiger partial charge in [-0.15, -0.1) is 0 Å². The van der Waals surface area contributed by atoms with Gasteiger partial charge in [-0.05, 0) is 68.6 Å². The third-order valence-corrected chi connectivity index (χ3v) is 9.46. The van der Waals surface area contributed by atoms with Gasteiger partial charge >= 0.3 is 12.1 Å². The Labute approximate surface area is 276 Å². The van der Waals surface area contributed by atoms with Crippen molar-refractivity contribution < 1.29 is 53.0 Å². The molecular weight excluding hydrogens is 622 g/mol. The summed E-state index contributed by atoms with van der Waals surface area (Å²) in [4.78, 5) is 25.8. The number of hydrogen-bond donors (Lipinski definition) is 3. The highest BCUT2D eigenvalue weighted by molar-refractivity contribution is 6.07. The largest absolute Gasteiger partial charge is 0.508 e. The molecule has 12 heteroatoms. The molecule has 0 saturated carbocycles. The van der Waals surface area contributed by atoms with Gasteiger partial charge in [0.25, 0.3) is 0 Å². The standard InChI is InChI=1S/C36H35NO11/c1-17-9-10-22-18(2)13-21(42-5)15-24(22)28(17)33(40)45-25-14-20-11-12-36(27-16-43-35(41)46-27)26(48-36)8-6-7-23(20)32(25)47-34-29(37-4)31(39)30(38)19(3)44-34/h7,9-10,13-15,19,25-27,29-32,34,37-39H,16H2,1-5H3/t19-,25-,26-,27+,29+,30+,31-,32?,34-,36+/m1/s1. The van der Waals surface area contributed by atoms with Crippen molar-refractivity contribution >= 4 is 22.9 Å². The van der Waals surface area contributed by atoms with Gasteiger partial charge in [-0.25, -0.2) is 9.59 Å². The van der Waals surface area contributed by atoms with Crippen LogP contribution in [0.15, 0.2) is 47.6 Å². The van der Waals surface area contributed by atoms with Crippen LogP contribution in [0.4, 0.5) is 4.79 Å². The molecule has 5 aliphatic rings. The van der Waals surface area contributed by atoms with Crippen LogP contribution in [-0.2, 0) is 28.4 Å². The van der Waals surface area contributed by atoms with E-state index in [1.807, 2.05) is 32.0 Å². The molecule has 0 aromatic heterocycles. The van der Waals surface area contributed by atoms with Crippen molar-refractivity contribution in [2.24, 2.45) is 0 Å². The lowest BCUT2D eigenvalue weighted by Crippen LogP contribution is -2.62. The van der Waals surface area contributed by atoms with Gasteiger partial charge in [0.1, 0.15) is 30.7 Å². The molecule has 3 saturated heterocycles. The molecule has 3 aliphatic heterocycles. The number of hydrogen-bond acceptors (Lipinski definition) is 12. The SMILES string of the molecule is CN[C@@H]1[C@@H](OC2C3=CC#C[C@H]4O[C@@]4([C@@H]4COC(=O)O4)C#CC3=C[C@H]2OC(=O)c2c(C)ccc3c(C)cc(OC)cc23)O[C@H](C)[C@H](O)[C@@H]1O. The molecule has 250 valence electrons. The lowest BCUT2D eigenvalue weighted by atomic mass is 9.96. The fourth-order valence-electron chi connectivity index (χ4n) is 6.68. The summed E-state index contributed by atoms with van der Waals surface area (Å²) < 4.78 is 40.4. The zero-order chi connectivity index (χ0) is 33.9. The maximum Gasteiger partial charge on any atom is 0.508 e. The van der Waals surface area contributed by atoms with E-state index in [0.717, 1.165) is 10.9 Å². The van der Waals surface area contributed by atoms with Crippen molar-refractivity contribution in [3.63, 3.8) is 0 Å². The number of aliphatic hydroxyl groups excluding tert-OH is 2. The second-order valence-electron chi connectivity index (χ2n) is 12.4. The minimum atomic E-state index is -1.20. The highest BCUT2D eigenvalue weighted by Crippen LogP contribution is 2.43. The molecule has 0 amide bonds. The summed E-state index contributed by atoms with van der Waals surface area (Å²) in [6.07, 6.45) is -5.02. The van der Waals surface area contributed by atoms with Gasteiger partial charge in [-0.2, -0.15) is 0 Å². The van der Waals surface area contributed by atoms with Crippen LogP contribution in [0.5, 0.6) is 5.75 Å². The number of methoxy groups -OCH3 is 1. The fourth-order valence-corrected chi connectivity index (χ4v) is 6.68. The predicted octanol–water partition coefficient (Wildman–Crippen LogP) is 1.99. The normalized spacial score (nSPS) is 34.6. The second kappa shape index (κ2) is 12.2.